The van der Waals surface area contributed by atoms with Crippen LogP contribution >= 0.6 is 46.3 Å². The van der Waals surface area contributed by atoms with Crippen molar-refractivity contribution in [2.45, 2.75) is 19.0 Å². The number of thiophene rings is 1. The monoisotopic (exact) mass is 489 g/mol. The van der Waals surface area contributed by atoms with Gasteiger partial charge in [-0.1, -0.05) is 53.2 Å². The van der Waals surface area contributed by atoms with Gasteiger partial charge in [0, 0.05) is 10.6 Å². The normalized spacial score (nSPS) is 11.1. The molecule has 158 valence electrons. The number of aryl methyl sites for hydroxylation is 2. The Morgan fingerprint density at radius 3 is 2.58 bits per heavy atom. The van der Waals surface area contributed by atoms with Crippen molar-refractivity contribution in [1.29, 1.82) is 0 Å². The Morgan fingerprint density at radius 2 is 1.87 bits per heavy atom. The van der Waals surface area contributed by atoms with Gasteiger partial charge in [-0.2, -0.15) is 0 Å². The second kappa shape index (κ2) is 9.04. The van der Waals surface area contributed by atoms with Crippen molar-refractivity contribution in [3.8, 4) is 5.69 Å². The van der Waals surface area contributed by atoms with E-state index in [1.165, 1.54) is 23.1 Å². The minimum absolute atomic E-state index is 0.0777. The average molecular weight is 490 g/mol. The van der Waals surface area contributed by atoms with Crippen LogP contribution in [-0.2, 0) is 4.79 Å². The Labute approximate surface area is 197 Å². The second-order valence-corrected chi connectivity index (χ2v) is 9.76. The summed E-state index contributed by atoms with van der Waals surface area (Å²) in [5.41, 5.74) is 2.06. The molecule has 0 spiro atoms. The molecule has 0 saturated heterocycles. The molecular weight excluding hydrogens is 473 g/mol. The van der Waals surface area contributed by atoms with Gasteiger partial charge in [0.05, 0.1) is 26.9 Å². The molecule has 0 saturated carbocycles. The molecule has 0 aliphatic heterocycles. The molecule has 0 atom stereocenters. The van der Waals surface area contributed by atoms with E-state index >= 15 is 0 Å². The molecule has 2 aromatic carbocycles. The fourth-order valence-corrected chi connectivity index (χ4v) is 5.26. The zero-order chi connectivity index (χ0) is 22.1. The third kappa shape index (κ3) is 4.50. The molecule has 1 amide bonds. The standard InChI is InChI=1S/C22H17Cl2N3O2S2/c1-12-13(2)31-20-19(12)21(29)27(15-6-4-3-5-7-15)22(26-20)30-11-18(28)25-14-8-9-16(23)17(24)10-14/h3-10H,11H2,1-2H3,(H,25,28). The van der Waals surface area contributed by atoms with Crippen molar-refractivity contribution >= 4 is 68.1 Å². The molecule has 31 heavy (non-hydrogen) atoms. The maximum Gasteiger partial charge on any atom is 0.267 e. The highest BCUT2D eigenvalue weighted by Crippen LogP contribution is 2.30. The number of nitrogens with zero attached hydrogens (tertiary/aromatic N) is 2. The minimum atomic E-state index is -0.240. The number of benzene rings is 2. The highest BCUT2D eigenvalue weighted by molar-refractivity contribution is 7.99. The van der Waals surface area contributed by atoms with Gasteiger partial charge >= 0.3 is 0 Å². The number of amides is 1. The summed E-state index contributed by atoms with van der Waals surface area (Å²) < 4.78 is 1.57. The first-order valence-corrected chi connectivity index (χ1v) is 11.9. The predicted molar refractivity (Wildman–Crippen MR) is 131 cm³/mol. The van der Waals surface area contributed by atoms with Crippen LogP contribution in [0.4, 0.5) is 5.69 Å². The van der Waals surface area contributed by atoms with E-state index in [2.05, 4.69) is 5.32 Å². The Morgan fingerprint density at radius 1 is 1.13 bits per heavy atom. The Bertz CT molecular complexity index is 1350. The van der Waals surface area contributed by atoms with E-state index in [1.54, 1.807) is 22.8 Å². The first-order chi connectivity index (χ1) is 14.8. The van der Waals surface area contributed by atoms with Gasteiger partial charge < -0.3 is 5.32 Å². The third-order valence-electron chi connectivity index (χ3n) is 4.72. The number of hydrogen-bond donors (Lipinski definition) is 1. The van der Waals surface area contributed by atoms with Gasteiger partial charge in [-0.3, -0.25) is 14.2 Å². The van der Waals surface area contributed by atoms with Crippen LogP contribution in [0.5, 0.6) is 0 Å². The molecule has 9 heteroatoms. The maximum atomic E-state index is 13.4. The van der Waals surface area contributed by atoms with Crippen molar-refractivity contribution < 1.29 is 4.79 Å². The van der Waals surface area contributed by atoms with Crippen LogP contribution in [0.25, 0.3) is 15.9 Å². The number of hydrogen-bond acceptors (Lipinski definition) is 5. The number of nitrogens with one attached hydrogen (secondary N) is 1. The number of thioether (sulfide) groups is 1. The van der Waals surface area contributed by atoms with Gasteiger partial charge in [0.25, 0.3) is 5.56 Å². The maximum absolute atomic E-state index is 13.4. The SMILES string of the molecule is Cc1sc2nc(SCC(=O)Nc3ccc(Cl)c(Cl)c3)n(-c3ccccc3)c(=O)c2c1C. The molecule has 4 aromatic rings. The number of rotatable bonds is 5. The lowest BCUT2D eigenvalue weighted by Gasteiger charge is -2.12. The summed E-state index contributed by atoms with van der Waals surface area (Å²) >= 11 is 14.6. The van der Waals surface area contributed by atoms with E-state index in [1.807, 2.05) is 44.2 Å². The first kappa shape index (κ1) is 21.9. The minimum Gasteiger partial charge on any atom is -0.325 e. The average Bonchev–Trinajstić information content (AvgIpc) is 3.03. The number of aromatic nitrogens is 2. The zero-order valence-electron chi connectivity index (χ0n) is 16.6. The van der Waals surface area contributed by atoms with E-state index in [9.17, 15) is 9.59 Å². The number of carbonyl (C=O) groups excluding carboxylic acids is 1. The summed E-state index contributed by atoms with van der Waals surface area (Å²) in [6.45, 7) is 3.91. The predicted octanol–water partition coefficient (Wildman–Crippen LogP) is 6.10. The van der Waals surface area contributed by atoms with Gasteiger partial charge in [-0.25, -0.2) is 4.98 Å². The molecule has 0 aliphatic rings. The highest BCUT2D eigenvalue weighted by Gasteiger charge is 2.18. The molecule has 0 radical (unpaired) electrons. The van der Waals surface area contributed by atoms with Crippen molar-refractivity contribution in [1.82, 2.24) is 9.55 Å². The Balaban J connectivity index is 1.67. The zero-order valence-corrected chi connectivity index (χ0v) is 19.8. The Kier molecular flexibility index (Phi) is 6.39. The summed E-state index contributed by atoms with van der Waals surface area (Å²) in [5, 5.41) is 4.66. The largest absolute Gasteiger partial charge is 0.325 e. The fourth-order valence-electron chi connectivity index (χ4n) is 3.08. The lowest BCUT2D eigenvalue weighted by molar-refractivity contribution is -0.113. The van der Waals surface area contributed by atoms with Crippen LogP contribution in [-0.4, -0.2) is 21.2 Å². The van der Waals surface area contributed by atoms with Crippen LogP contribution in [0.2, 0.25) is 10.0 Å². The summed E-state index contributed by atoms with van der Waals surface area (Å²) in [6, 6.07) is 14.2. The lowest BCUT2D eigenvalue weighted by atomic mass is 10.2. The first-order valence-electron chi connectivity index (χ1n) is 9.31. The van der Waals surface area contributed by atoms with Crippen LogP contribution < -0.4 is 10.9 Å². The number of anilines is 1. The second-order valence-electron chi connectivity index (χ2n) is 6.80. The van der Waals surface area contributed by atoms with Crippen LogP contribution in [0, 0.1) is 13.8 Å². The molecular formula is C22H17Cl2N3O2S2. The van der Waals surface area contributed by atoms with Gasteiger partial charge in [0.1, 0.15) is 4.83 Å². The van der Waals surface area contributed by atoms with E-state index < -0.39 is 0 Å². The third-order valence-corrected chi connectivity index (χ3v) is 7.50. The lowest BCUT2D eigenvalue weighted by Crippen LogP contribution is -2.22. The number of halogens is 2. The quantitative estimate of drug-likeness (QED) is 0.271. The molecule has 4 rings (SSSR count). The summed E-state index contributed by atoms with van der Waals surface area (Å²) in [6.07, 6.45) is 0. The summed E-state index contributed by atoms with van der Waals surface area (Å²) in [4.78, 5) is 32.4. The molecule has 1 N–H and O–H groups in total. The van der Waals surface area contributed by atoms with Crippen molar-refractivity contribution in [2.24, 2.45) is 0 Å². The van der Waals surface area contributed by atoms with E-state index in [-0.39, 0.29) is 17.2 Å². The van der Waals surface area contributed by atoms with Crippen molar-refractivity contribution in [3.63, 3.8) is 0 Å². The van der Waals surface area contributed by atoms with Crippen molar-refractivity contribution in [3.05, 3.63) is 79.4 Å². The van der Waals surface area contributed by atoms with Gasteiger partial charge in [0.2, 0.25) is 5.91 Å². The number of carbonyl (C=O) groups is 1. The highest BCUT2D eigenvalue weighted by atomic mass is 35.5. The molecule has 5 nitrogen and oxygen atoms in total. The summed E-state index contributed by atoms with van der Waals surface area (Å²) in [7, 11) is 0. The molecule has 2 aromatic heterocycles. The van der Waals surface area contributed by atoms with Gasteiger partial charge in [0.15, 0.2) is 5.16 Å². The van der Waals surface area contributed by atoms with Crippen LogP contribution in [0.3, 0.4) is 0 Å². The molecule has 0 bridgehead atoms. The van der Waals surface area contributed by atoms with E-state index in [0.29, 0.717) is 36.8 Å². The van der Waals surface area contributed by atoms with Crippen molar-refractivity contribution in [2.75, 3.05) is 11.1 Å². The van der Waals surface area contributed by atoms with E-state index in [4.69, 9.17) is 28.2 Å². The van der Waals surface area contributed by atoms with Crippen LogP contribution in [0.15, 0.2) is 58.5 Å². The molecule has 0 fully saturated rings. The van der Waals surface area contributed by atoms with Crippen LogP contribution in [0.1, 0.15) is 10.4 Å². The summed E-state index contributed by atoms with van der Waals surface area (Å²) in [5.74, 6) is -0.162. The number of para-hydroxylation sites is 1. The molecule has 0 unspecified atom stereocenters. The van der Waals surface area contributed by atoms with Gasteiger partial charge in [-0.15, -0.1) is 11.3 Å². The van der Waals surface area contributed by atoms with E-state index in [0.717, 1.165) is 10.4 Å². The molecule has 2 heterocycles. The number of fused-ring (bicyclic) bond motifs is 1. The van der Waals surface area contributed by atoms with Gasteiger partial charge in [-0.05, 0) is 49.7 Å². The topological polar surface area (TPSA) is 64.0 Å². The molecule has 0 aliphatic carbocycles. The smallest absolute Gasteiger partial charge is 0.267 e. The Hall–Kier alpha value is -2.32. The fraction of sp³-hybridized carbons (Fsp3) is 0.136.